The maximum Gasteiger partial charge on any atom is 0.416 e. The lowest BCUT2D eigenvalue weighted by molar-refractivity contribution is -0.143. The molecule has 0 saturated carbocycles. The van der Waals surface area contributed by atoms with Gasteiger partial charge in [0, 0.05) is 11.4 Å². The molecule has 0 radical (unpaired) electrons. The average Bonchev–Trinajstić information content (AvgIpc) is 3.22. The van der Waals surface area contributed by atoms with Crippen molar-refractivity contribution in [1.82, 2.24) is 10.2 Å². The van der Waals surface area contributed by atoms with Crippen LogP contribution >= 0.6 is 11.8 Å². The van der Waals surface area contributed by atoms with Crippen LogP contribution in [0.5, 0.6) is 0 Å². The first-order chi connectivity index (χ1) is 20.8. The molecular formula is C30H25F9N2O3S. The lowest BCUT2D eigenvalue weighted by Gasteiger charge is -2.37. The number of nitrogens with zero attached hydrogens (tertiary/aromatic N) is 1. The van der Waals surface area contributed by atoms with E-state index in [9.17, 15) is 54.2 Å². The molecule has 2 N–H and O–H groups in total. The van der Waals surface area contributed by atoms with Crippen molar-refractivity contribution in [2.45, 2.75) is 60.7 Å². The third-order valence-electron chi connectivity index (χ3n) is 7.12. The molecule has 0 aromatic heterocycles. The van der Waals surface area contributed by atoms with Crippen LogP contribution in [0.4, 0.5) is 39.5 Å². The monoisotopic (exact) mass is 664 g/mol. The minimum absolute atomic E-state index is 0.0669. The van der Waals surface area contributed by atoms with Crippen LogP contribution in [-0.4, -0.2) is 39.3 Å². The van der Waals surface area contributed by atoms with Crippen LogP contribution in [0, 0.1) is 6.92 Å². The molecule has 15 heteroatoms. The zero-order chi connectivity index (χ0) is 33.4. The molecule has 45 heavy (non-hydrogen) atoms. The largest absolute Gasteiger partial charge is 0.416 e. The van der Waals surface area contributed by atoms with Crippen LogP contribution in [0.25, 0.3) is 0 Å². The molecule has 1 aliphatic heterocycles. The van der Waals surface area contributed by atoms with E-state index in [1.54, 1.807) is 31.2 Å². The second kappa shape index (κ2) is 12.6. The van der Waals surface area contributed by atoms with Crippen LogP contribution in [0.15, 0.2) is 71.6 Å². The number of nitrogens with one attached hydrogen (secondary N) is 1. The highest BCUT2D eigenvalue weighted by Gasteiger charge is 2.58. The normalized spacial score (nSPS) is 19.2. The number of hydrogen-bond donors (Lipinski definition) is 2. The molecule has 0 spiro atoms. The SMILES string of the molecule is Cc1ccc(S[C@]2(C(=O)NCC(F)(F)F)CC(=O)N(Cc3cc(C(F)(F)F)cc(C(F)(F)F)c3)[C@@H]2c2ccc(CO)cc2)cc1. The number of likely N-dealkylation sites (tertiary alicyclic amines) is 1. The van der Waals surface area contributed by atoms with E-state index in [1.165, 1.54) is 24.3 Å². The fourth-order valence-electron chi connectivity index (χ4n) is 5.05. The number of carbonyl (C=O) groups excluding carboxylic acids is 2. The molecule has 1 heterocycles. The van der Waals surface area contributed by atoms with E-state index in [-0.39, 0.29) is 11.6 Å². The Morgan fingerprint density at radius 2 is 1.44 bits per heavy atom. The Morgan fingerprint density at radius 1 is 0.889 bits per heavy atom. The van der Waals surface area contributed by atoms with Gasteiger partial charge in [-0.2, -0.15) is 39.5 Å². The van der Waals surface area contributed by atoms with E-state index in [0.29, 0.717) is 22.6 Å². The van der Waals surface area contributed by atoms with Crippen LogP contribution < -0.4 is 5.32 Å². The van der Waals surface area contributed by atoms with Crippen LogP contribution in [0.3, 0.4) is 0 Å². The average molecular weight is 665 g/mol. The first kappa shape index (κ1) is 34.2. The Morgan fingerprint density at radius 3 is 1.93 bits per heavy atom. The summed E-state index contributed by atoms with van der Waals surface area (Å²) in [4.78, 5) is 28.7. The summed E-state index contributed by atoms with van der Waals surface area (Å²) in [7, 11) is 0. The maximum atomic E-state index is 13.8. The minimum atomic E-state index is -5.17. The van der Waals surface area contributed by atoms with Crippen molar-refractivity contribution in [1.29, 1.82) is 0 Å². The summed E-state index contributed by atoms with van der Waals surface area (Å²) < 4.78 is 119. The molecule has 2 amide bonds. The maximum absolute atomic E-state index is 13.8. The fraction of sp³-hybridized carbons (Fsp3) is 0.333. The van der Waals surface area contributed by atoms with Crippen LogP contribution in [0.2, 0.25) is 0 Å². The molecule has 4 rings (SSSR count). The standard InChI is InChI=1S/C30H25F9N2O3S/c1-17-2-8-23(9-3-17)45-27(26(44)40-16-28(31,32)33)13-24(43)41(25(27)20-6-4-18(15-42)5-7-20)14-19-10-21(29(34,35)36)12-22(11-19)30(37,38)39/h2-12,25,42H,13-16H2,1H3,(H,40,44)/t25-,27-/m1/s1. The molecule has 1 saturated heterocycles. The first-order valence-electron chi connectivity index (χ1n) is 13.2. The summed E-state index contributed by atoms with van der Waals surface area (Å²) in [5.41, 5.74) is -2.45. The molecule has 242 valence electrons. The van der Waals surface area contributed by atoms with E-state index in [2.05, 4.69) is 0 Å². The predicted octanol–water partition coefficient (Wildman–Crippen LogP) is 7.21. The number of amides is 2. The topological polar surface area (TPSA) is 69.6 Å². The quantitative estimate of drug-likeness (QED) is 0.250. The number of carbonyl (C=O) groups is 2. The molecule has 5 nitrogen and oxygen atoms in total. The highest BCUT2D eigenvalue weighted by molar-refractivity contribution is 8.01. The molecule has 0 bridgehead atoms. The molecule has 3 aromatic carbocycles. The van der Waals surface area contributed by atoms with Crippen molar-refractivity contribution in [2.24, 2.45) is 0 Å². The summed E-state index contributed by atoms with van der Waals surface area (Å²) in [5, 5.41) is 11.3. The van der Waals surface area contributed by atoms with Crippen molar-refractivity contribution in [3.8, 4) is 0 Å². The fourth-order valence-corrected chi connectivity index (χ4v) is 6.48. The molecule has 1 fully saturated rings. The van der Waals surface area contributed by atoms with Gasteiger partial charge < -0.3 is 15.3 Å². The first-order valence-corrected chi connectivity index (χ1v) is 14.0. The molecule has 1 aliphatic rings. The van der Waals surface area contributed by atoms with Gasteiger partial charge in [-0.05, 0) is 53.9 Å². The van der Waals surface area contributed by atoms with Crippen LogP contribution in [0.1, 0.15) is 45.8 Å². The number of aliphatic hydroxyl groups is 1. The molecule has 0 unspecified atom stereocenters. The molecule has 0 aliphatic carbocycles. The minimum Gasteiger partial charge on any atom is -0.392 e. The van der Waals surface area contributed by atoms with Gasteiger partial charge in [-0.15, -0.1) is 11.8 Å². The number of hydrogen-bond acceptors (Lipinski definition) is 4. The molecule has 2 atom stereocenters. The van der Waals surface area contributed by atoms with Crippen molar-refractivity contribution < 1.29 is 54.2 Å². The number of halogens is 9. The van der Waals surface area contributed by atoms with Crippen molar-refractivity contribution in [2.75, 3.05) is 6.54 Å². The zero-order valence-corrected chi connectivity index (χ0v) is 24.1. The van der Waals surface area contributed by atoms with E-state index in [0.717, 1.165) is 22.2 Å². The number of thioether (sulfide) groups is 1. The Kier molecular flexibility index (Phi) is 9.55. The molecular weight excluding hydrogens is 639 g/mol. The zero-order valence-electron chi connectivity index (χ0n) is 23.3. The smallest absolute Gasteiger partial charge is 0.392 e. The lowest BCUT2D eigenvalue weighted by atomic mass is 9.90. The van der Waals surface area contributed by atoms with Gasteiger partial charge in [0.05, 0.1) is 30.2 Å². The van der Waals surface area contributed by atoms with E-state index in [4.69, 9.17) is 0 Å². The van der Waals surface area contributed by atoms with Gasteiger partial charge in [0.1, 0.15) is 11.3 Å². The van der Waals surface area contributed by atoms with Gasteiger partial charge in [0.15, 0.2) is 0 Å². The van der Waals surface area contributed by atoms with Crippen molar-refractivity contribution in [3.63, 3.8) is 0 Å². The van der Waals surface area contributed by atoms with Gasteiger partial charge >= 0.3 is 18.5 Å². The number of aliphatic hydroxyl groups excluding tert-OH is 1. The highest BCUT2D eigenvalue weighted by atomic mass is 32.2. The Labute approximate surface area is 255 Å². The van der Waals surface area contributed by atoms with E-state index >= 15 is 0 Å². The number of alkyl halides is 9. The number of aryl methyl sites for hydroxylation is 1. The van der Waals surface area contributed by atoms with E-state index < -0.39 is 83.9 Å². The highest BCUT2D eigenvalue weighted by Crippen LogP contribution is 2.53. The third-order valence-corrected chi connectivity index (χ3v) is 8.55. The Hall–Kier alpha value is -3.72. The summed E-state index contributed by atoms with van der Waals surface area (Å²) in [6, 6.07) is 11.4. The second-order valence-electron chi connectivity index (χ2n) is 10.5. The van der Waals surface area contributed by atoms with Gasteiger partial charge in [0.2, 0.25) is 11.8 Å². The number of benzene rings is 3. The summed E-state index contributed by atoms with van der Waals surface area (Å²) in [5.74, 6) is -2.10. The Balaban J connectivity index is 1.90. The molecule has 3 aromatic rings. The van der Waals surface area contributed by atoms with Crippen molar-refractivity contribution in [3.05, 3.63) is 100 Å². The van der Waals surface area contributed by atoms with Crippen LogP contribution in [-0.2, 0) is 35.1 Å². The predicted molar refractivity (Wildman–Crippen MR) is 146 cm³/mol. The summed E-state index contributed by atoms with van der Waals surface area (Å²) in [6.45, 7) is -1.24. The second-order valence-corrected chi connectivity index (χ2v) is 11.9. The van der Waals surface area contributed by atoms with Gasteiger partial charge in [0.25, 0.3) is 0 Å². The number of rotatable bonds is 8. The van der Waals surface area contributed by atoms with E-state index in [1.807, 2.05) is 5.32 Å². The Bertz CT molecular complexity index is 1510. The van der Waals surface area contributed by atoms with Gasteiger partial charge in [-0.1, -0.05) is 42.0 Å². The summed E-state index contributed by atoms with van der Waals surface area (Å²) >= 11 is 0.761. The van der Waals surface area contributed by atoms with Crippen molar-refractivity contribution >= 4 is 23.6 Å². The summed E-state index contributed by atoms with van der Waals surface area (Å²) in [6.07, 6.45) is -15.9. The third kappa shape index (κ3) is 7.93. The van der Waals surface area contributed by atoms with Gasteiger partial charge in [-0.25, -0.2) is 0 Å². The lowest BCUT2D eigenvalue weighted by Crippen LogP contribution is -2.50. The van der Waals surface area contributed by atoms with Gasteiger partial charge in [-0.3, -0.25) is 9.59 Å².